The number of hydrogen-bond donors (Lipinski definition) is 1. The lowest BCUT2D eigenvalue weighted by atomic mass is 10.1. The molecule has 0 aromatic heterocycles. The van der Waals surface area contributed by atoms with Gasteiger partial charge in [0.15, 0.2) is 0 Å². The van der Waals surface area contributed by atoms with Crippen molar-refractivity contribution in [3.63, 3.8) is 0 Å². The number of rotatable bonds is 3. The van der Waals surface area contributed by atoms with Crippen molar-refractivity contribution in [2.45, 2.75) is 25.6 Å². The highest BCUT2D eigenvalue weighted by Gasteiger charge is 2.13. The van der Waals surface area contributed by atoms with E-state index in [1.807, 2.05) is 12.1 Å². The number of hydrogen-bond acceptors (Lipinski definition) is 2. The van der Waals surface area contributed by atoms with Crippen LogP contribution in [0.3, 0.4) is 0 Å². The Kier molecular flexibility index (Phi) is 6.60. The Morgan fingerprint density at radius 3 is 2.65 bits per heavy atom. The maximum Gasteiger partial charge on any atom is 0.0735 e. The highest BCUT2D eigenvalue weighted by Crippen LogP contribution is 2.22. The first-order chi connectivity index (χ1) is 7.75. The molecule has 2 rings (SSSR count). The fraction of sp³-hybridized carbons (Fsp3) is 0.500. The van der Waals surface area contributed by atoms with Crippen LogP contribution in [0, 0.1) is 0 Å². The molecule has 0 aliphatic carbocycles. The van der Waals surface area contributed by atoms with E-state index in [4.69, 9.17) is 27.9 Å². The third-order valence-corrected chi connectivity index (χ3v) is 3.37. The monoisotopic (exact) mass is 295 g/mol. The number of benzene rings is 1. The summed E-state index contributed by atoms with van der Waals surface area (Å²) in [6, 6.07) is 5.47. The van der Waals surface area contributed by atoms with Crippen LogP contribution in [-0.4, -0.2) is 19.2 Å². The smallest absolute Gasteiger partial charge is 0.0735 e. The SMILES string of the molecule is Cl.Clc1ccc(Cl)c(COC2CCNCC2)c1. The van der Waals surface area contributed by atoms with E-state index in [-0.39, 0.29) is 12.4 Å². The van der Waals surface area contributed by atoms with Gasteiger partial charge < -0.3 is 10.1 Å². The summed E-state index contributed by atoms with van der Waals surface area (Å²) in [7, 11) is 0. The highest BCUT2D eigenvalue weighted by molar-refractivity contribution is 6.33. The molecule has 0 radical (unpaired) electrons. The van der Waals surface area contributed by atoms with Gasteiger partial charge in [-0.2, -0.15) is 0 Å². The Morgan fingerprint density at radius 2 is 1.94 bits per heavy atom. The minimum Gasteiger partial charge on any atom is -0.373 e. The molecule has 0 atom stereocenters. The molecule has 1 fully saturated rings. The standard InChI is InChI=1S/C12H15Cl2NO.ClH/c13-10-1-2-12(14)9(7-10)8-16-11-3-5-15-6-4-11;/h1-2,7,11,15H,3-6,8H2;1H. The van der Waals surface area contributed by atoms with Crippen LogP contribution < -0.4 is 5.32 Å². The first-order valence-electron chi connectivity index (χ1n) is 5.52. The summed E-state index contributed by atoms with van der Waals surface area (Å²) in [5.41, 5.74) is 0.965. The van der Waals surface area contributed by atoms with E-state index in [1.165, 1.54) is 0 Å². The van der Waals surface area contributed by atoms with Crippen molar-refractivity contribution >= 4 is 35.6 Å². The normalized spacial score (nSPS) is 16.6. The lowest BCUT2D eigenvalue weighted by Crippen LogP contribution is -2.32. The van der Waals surface area contributed by atoms with Crippen molar-refractivity contribution in [2.75, 3.05) is 13.1 Å². The summed E-state index contributed by atoms with van der Waals surface area (Å²) in [5, 5.41) is 4.73. The van der Waals surface area contributed by atoms with Crippen molar-refractivity contribution in [1.82, 2.24) is 5.32 Å². The summed E-state index contributed by atoms with van der Waals surface area (Å²) in [5.74, 6) is 0. The summed E-state index contributed by atoms with van der Waals surface area (Å²) in [4.78, 5) is 0. The molecule has 1 aromatic rings. The van der Waals surface area contributed by atoms with Gasteiger partial charge in [-0.3, -0.25) is 0 Å². The summed E-state index contributed by atoms with van der Waals surface area (Å²) in [6.45, 7) is 2.62. The molecule has 2 nitrogen and oxygen atoms in total. The van der Waals surface area contributed by atoms with Gasteiger partial charge in [0, 0.05) is 10.0 Å². The van der Waals surface area contributed by atoms with Crippen LogP contribution in [0.5, 0.6) is 0 Å². The summed E-state index contributed by atoms with van der Waals surface area (Å²) >= 11 is 12.0. The van der Waals surface area contributed by atoms with Gasteiger partial charge in [-0.1, -0.05) is 23.2 Å². The topological polar surface area (TPSA) is 21.3 Å². The molecular weight excluding hydrogens is 280 g/mol. The lowest BCUT2D eigenvalue weighted by molar-refractivity contribution is 0.0213. The molecule has 1 aliphatic heterocycles. The Labute approximate surface area is 118 Å². The molecule has 5 heteroatoms. The molecule has 0 spiro atoms. The molecule has 0 saturated carbocycles. The van der Waals surface area contributed by atoms with E-state index in [1.54, 1.807) is 6.07 Å². The minimum absolute atomic E-state index is 0. The van der Waals surface area contributed by atoms with Gasteiger partial charge in [0.1, 0.15) is 0 Å². The quantitative estimate of drug-likeness (QED) is 0.918. The van der Waals surface area contributed by atoms with Gasteiger partial charge in [0.25, 0.3) is 0 Å². The maximum absolute atomic E-state index is 6.06. The van der Waals surface area contributed by atoms with E-state index in [2.05, 4.69) is 5.32 Å². The zero-order chi connectivity index (χ0) is 11.4. The molecule has 1 aliphatic rings. The zero-order valence-electron chi connectivity index (χ0n) is 9.42. The van der Waals surface area contributed by atoms with E-state index in [9.17, 15) is 0 Å². The average molecular weight is 297 g/mol. The third-order valence-electron chi connectivity index (χ3n) is 2.77. The number of nitrogens with one attached hydrogen (secondary N) is 1. The third kappa shape index (κ3) is 4.65. The van der Waals surface area contributed by atoms with Crippen LogP contribution in [0.1, 0.15) is 18.4 Å². The highest BCUT2D eigenvalue weighted by atomic mass is 35.5. The van der Waals surface area contributed by atoms with Crippen molar-refractivity contribution < 1.29 is 4.74 Å². The molecule has 1 aromatic carbocycles. The molecule has 1 heterocycles. The molecule has 1 saturated heterocycles. The van der Waals surface area contributed by atoms with Crippen LogP contribution in [-0.2, 0) is 11.3 Å². The van der Waals surface area contributed by atoms with E-state index < -0.39 is 0 Å². The second-order valence-corrected chi connectivity index (χ2v) is 4.84. The summed E-state index contributed by atoms with van der Waals surface area (Å²) < 4.78 is 5.82. The van der Waals surface area contributed by atoms with Gasteiger partial charge in [0.05, 0.1) is 12.7 Å². The molecule has 0 bridgehead atoms. The fourth-order valence-electron chi connectivity index (χ4n) is 1.82. The average Bonchev–Trinajstić information content (AvgIpc) is 2.32. The maximum atomic E-state index is 6.06. The number of ether oxygens (including phenoxy) is 1. The van der Waals surface area contributed by atoms with Crippen LogP contribution in [0.4, 0.5) is 0 Å². The van der Waals surface area contributed by atoms with E-state index in [0.717, 1.165) is 36.5 Å². The largest absolute Gasteiger partial charge is 0.373 e. The molecule has 96 valence electrons. The minimum atomic E-state index is 0. The Balaban J connectivity index is 0.00000144. The van der Waals surface area contributed by atoms with Crippen LogP contribution in [0.2, 0.25) is 10.0 Å². The predicted molar refractivity (Wildman–Crippen MR) is 74.4 cm³/mol. The van der Waals surface area contributed by atoms with Gasteiger partial charge in [0.2, 0.25) is 0 Å². The van der Waals surface area contributed by atoms with Crippen molar-refractivity contribution in [2.24, 2.45) is 0 Å². The van der Waals surface area contributed by atoms with Crippen LogP contribution in [0.25, 0.3) is 0 Å². The molecule has 1 N–H and O–H groups in total. The van der Waals surface area contributed by atoms with Crippen LogP contribution in [0.15, 0.2) is 18.2 Å². The zero-order valence-corrected chi connectivity index (χ0v) is 11.7. The summed E-state index contributed by atoms with van der Waals surface area (Å²) in [6.07, 6.45) is 2.48. The molecule has 0 amide bonds. The van der Waals surface area contributed by atoms with Crippen LogP contribution >= 0.6 is 35.6 Å². The molecular formula is C12H16Cl3NO. The Hall–Kier alpha value is 0.01000. The molecule has 17 heavy (non-hydrogen) atoms. The van der Waals surface area contributed by atoms with Crippen molar-refractivity contribution in [1.29, 1.82) is 0 Å². The van der Waals surface area contributed by atoms with E-state index in [0.29, 0.717) is 17.7 Å². The van der Waals surface area contributed by atoms with Gasteiger partial charge in [-0.15, -0.1) is 12.4 Å². The second kappa shape index (κ2) is 7.45. The molecule has 0 unspecified atom stereocenters. The fourth-order valence-corrected chi connectivity index (χ4v) is 2.19. The van der Waals surface area contributed by atoms with Gasteiger partial charge in [-0.05, 0) is 49.7 Å². The Bertz CT molecular complexity index is 354. The van der Waals surface area contributed by atoms with Crippen molar-refractivity contribution in [3.8, 4) is 0 Å². The van der Waals surface area contributed by atoms with Gasteiger partial charge >= 0.3 is 0 Å². The predicted octanol–water partition coefficient (Wildman–Crippen LogP) is 3.68. The number of piperidine rings is 1. The second-order valence-electron chi connectivity index (χ2n) is 4.00. The first kappa shape index (κ1) is 15.1. The van der Waals surface area contributed by atoms with E-state index >= 15 is 0 Å². The van der Waals surface area contributed by atoms with Gasteiger partial charge in [-0.25, -0.2) is 0 Å². The first-order valence-corrected chi connectivity index (χ1v) is 6.27. The lowest BCUT2D eigenvalue weighted by Gasteiger charge is -2.23. The number of halogens is 3. The Morgan fingerprint density at radius 1 is 1.24 bits per heavy atom. The van der Waals surface area contributed by atoms with Crippen molar-refractivity contribution in [3.05, 3.63) is 33.8 Å².